The molecule has 1 saturated heterocycles. The highest BCUT2D eigenvalue weighted by Crippen LogP contribution is 2.37. The van der Waals surface area contributed by atoms with Crippen LogP contribution in [0.5, 0.6) is 0 Å². The van der Waals surface area contributed by atoms with E-state index in [2.05, 4.69) is 12.2 Å². The van der Waals surface area contributed by atoms with Crippen molar-refractivity contribution in [3.8, 4) is 0 Å². The van der Waals surface area contributed by atoms with Gasteiger partial charge in [-0.2, -0.15) is 0 Å². The summed E-state index contributed by atoms with van der Waals surface area (Å²) >= 11 is 1.75. The van der Waals surface area contributed by atoms with Gasteiger partial charge in [-0.3, -0.25) is 14.5 Å². The van der Waals surface area contributed by atoms with Crippen LogP contribution in [-0.4, -0.2) is 47.1 Å². The molecule has 2 aliphatic heterocycles. The molecule has 0 radical (unpaired) electrons. The van der Waals surface area contributed by atoms with E-state index in [9.17, 15) is 14.4 Å². The molecule has 1 fully saturated rings. The lowest BCUT2D eigenvalue weighted by Crippen LogP contribution is -2.44. The van der Waals surface area contributed by atoms with Crippen molar-refractivity contribution in [1.29, 1.82) is 0 Å². The van der Waals surface area contributed by atoms with Crippen LogP contribution in [0.3, 0.4) is 0 Å². The average Bonchev–Trinajstić information content (AvgIpc) is 2.91. The van der Waals surface area contributed by atoms with Crippen molar-refractivity contribution >= 4 is 35.3 Å². The van der Waals surface area contributed by atoms with Crippen LogP contribution >= 0.6 is 11.8 Å². The Morgan fingerprint density at radius 1 is 1.10 bits per heavy atom. The molecule has 0 saturated carbocycles. The molecule has 6 nitrogen and oxygen atoms in total. The van der Waals surface area contributed by atoms with E-state index in [1.165, 1.54) is 0 Å². The van der Waals surface area contributed by atoms with E-state index in [0.29, 0.717) is 24.6 Å². The number of urea groups is 1. The van der Waals surface area contributed by atoms with Crippen LogP contribution in [0.2, 0.25) is 0 Å². The van der Waals surface area contributed by atoms with Crippen LogP contribution in [0, 0.1) is 0 Å². The predicted molar refractivity (Wildman–Crippen MR) is 118 cm³/mol. The second-order valence-corrected chi connectivity index (χ2v) is 9.16. The number of amides is 4. The summed E-state index contributed by atoms with van der Waals surface area (Å²) in [5.41, 5.74) is 1.96. The lowest BCUT2D eigenvalue weighted by molar-refractivity contribution is -0.131. The third-order valence-electron chi connectivity index (χ3n) is 5.51. The van der Waals surface area contributed by atoms with Gasteiger partial charge in [-0.15, -0.1) is 11.8 Å². The number of rotatable bonds is 5. The number of fused-ring (bicyclic) bond motifs is 1. The smallest absolute Gasteiger partial charge is 0.325 e. The Labute approximate surface area is 180 Å². The molecule has 2 unspecified atom stereocenters. The van der Waals surface area contributed by atoms with Crippen molar-refractivity contribution in [3.63, 3.8) is 0 Å². The fraction of sp³-hybridized carbons (Fsp3) is 0.348. The fourth-order valence-electron chi connectivity index (χ4n) is 3.84. The van der Waals surface area contributed by atoms with Gasteiger partial charge in [0.25, 0.3) is 5.91 Å². The lowest BCUT2D eigenvalue weighted by Gasteiger charge is -2.24. The van der Waals surface area contributed by atoms with Crippen LogP contribution in [0.15, 0.2) is 59.5 Å². The van der Waals surface area contributed by atoms with Crippen LogP contribution in [0.1, 0.15) is 25.3 Å². The van der Waals surface area contributed by atoms with Crippen LogP contribution in [0.4, 0.5) is 10.5 Å². The molecule has 2 heterocycles. The van der Waals surface area contributed by atoms with Gasteiger partial charge in [-0.25, -0.2) is 4.79 Å². The largest absolute Gasteiger partial charge is 0.326 e. The highest BCUT2D eigenvalue weighted by atomic mass is 32.2. The first-order chi connectivity index (χ1) is 14.5. The van der Waals surface area contributed by atoms with Crippen molar-refractivity contribution in [3.05, 3.63) is 60.2 Å². The Bertz CT molecular complexity index is 950. The second kappa shape index (κ2) is 8.92. The summed E-state index contributed by atoms with van der Waals surface area (Å²) in [5, 5.41) is 3.13. The zero-order valence-corrected chi connectivity index (χ0v) is 17.7. The standard InChI is InChI=1S/C23H25N3O3S/c1-16-13-14-25(19-9-5-6-10-20(19)30-16)21(27)15-26-22(28)18(24-23(26)29)12-11-17-7-3-2-4-8-17/h2-10,16,18H,11-15H2,1H3,(H,24,29). The molecule has 4 rings (SSSR count). The summed E-state index contributed by atoms with van der Waals surface area (Å²) < 4.78 is 0. The maximum Gasteiger partial charge on any atom is 0.325 e. The first-order valence-electron chi connectivity index (χ1n) is 10.2. The number of para-hydroxylation sites is 1. The number of hydrogen-bond acceptors (Lipinski definition) is 4. The molecule has 2 atom stereocenters. The van der Waals surface area contributed by atoms with Crippen LogP contribution in [0.25, 0.3) is 0 Å². The quantitative estimate of drug-likeness (QED) is 0.748. The van der Waals surface area contributed by atoms with Crippen molar-refractivity contribution in [2.24, 2.45) is 0 Å². The monoisotopic (exact) mass is 423 g/mol. The number of thioether (sulfide) groups is 1. The number of nitrogens with one attached hydrogen (secondary N) is 1. The molecule has 2 aliphatic rings. The van der Waals surface area contributed by atoms with Gasteiger partial charge in [0.05, 0.1) is 5.69 Å². The number of aryl methyl sites for hydroxylation is 1. The maximum absolute atomic E-state index is 13.1. The van der Waals surface area contributed by atoms with Gasteiger partial charge in [0, 0.05) is 16.7 Å². The van der Waals surface area contributed by atoms with Gasteiger partial charge < -0.3 is 10.2 Å². The molecular weight excluding hydrogens is 398 g/mol. The predicted octanol–water partition coefficient (Wildman–Crippen LogP) is 3.46. The molecule has 2 aromatic carbocycles. The Morgan fingerprint density at radius 3 is 2.63 bits per heavy atom. The number of benzene rings is 2. The number of carbonyl (C=O) groups is 3. The normalized spacial score (nSPS) is 21.2. The van der Waals surface area contributed by atoms with E-state index >= 15 is 0 Å². The molecule has 0 bridgehead atoms. The van der Waals surface area contributed by atoms with E-state index < -0.39 is 12.1 Å². The summed E-state index contributed by atoms with van der Waals surface area (Å²) in [4.78, 5) is 42.1. The minimum atomic E-state index is -0.586. The molecule has 0 aromatic heterocycles. The summed E-state index contributed by atoms with van der Waals surface area (Å²) in [7, 11) is 0. The molecule has 7 heteroatoms. The molecule has 4 amide bonds. The zero-order valence-electron chi connectivity index (χ0n) is 16.9. The number of nitrogens with zero attached hydrogens (tertiary/aromatic N) is 2. The molecule has 0 spiro atoms. The van der Waals surface area contributed by atoms with Crippen molar-refractivity contribution in [2.45, 2.75) is 42.4 Å². The molecule has 156 valence electrons. The summed E-state index contributed by atoms with van der Waals surface area (Å²) in [6.07, 6.45) is 2.05. The summed E-state index contributed by atoms with van der Waals surface area (Å²) in [6, 6.07) is 16.6. The topological polar surface area (TPSA) is 69.7 Å². The van der Waals surface area contributed by atoms with Gasteiger partial charge in [-0.05, 0) is 37.0 Å². The Hall–Kier alpha value is -2.80. The van der Waals surface area contributed by atoms with Crippen molar-refractivity contribution in [2.75, 3.05) is 18.0 Å². The maximum atomic E-state index is 13.1. The van der Waals surface area contributed by atoms with Gasteiger partial charge in [0.15, 0.2) is 0 Å². The minimum absolute atomic E-state index is 0.232. The molecule has 1 N–H and O–H groups in total. The van der Waals surface area contributed by atoms with Gasteiger partial charge in [0.1, 0.15) is 12.6 Å². The van der Waals surface area contributed by atoms with Crippen molar-refractivity contribution in [1.82, 2.24) is 10.2 Å². The second-order valence-electron chi connectivity index (χ2n) is 7.68. The fourth-order valence-corrected chi connectivity index (χ4v) is 4.96. The van der Waals surface area contributed by atoms with Crippen LogP contribution in [-0.2, 0) is 16.0 Å². The van der Waals surface area contributed by atoms with Crippen molar-refractivity contribution < 1.29 is 14.4 Å². The van der Waals surface area contributed by atoms with E-state index in [1.54, 1.807) is 16.7 Å². The first-order valence-corrected chi connectivity index (χ1v) is 11.1. The summed E-state index contributed by atoms with van der Waals surface area (Å²) in [5.74, 6) is -0.556. The van der Waals surface area contributed by atoms with E-state index in [-0.39, 0.29) is 18.4 Å². The summed E-state index contributed by atoms with van der Waals surface area (Å²) in [6.45, 7) is 2.48. The molecular formula is C23H25N3O3S. The van der Waals surface area contributed by atoms with Crippen LogP contribution < -0.4 is 10.2 Å². The number of hydrogen-bond donors (Lipinski definition) is 1. The molecule has 30 heavy (non-hydrogen) atoms. The Morgan fingerprint density at radius 2 is 1.83 bits per heavy atom. The molecule has 2 aromatic rings. The lowest BCUT2D eigenvalue weighted by atomic mass is 10.1. The first kappa shape index (κ1) is 20.5. The van der Waals surface area contributed by atoms with Gasteiger partial charge >= 0.3 is 6.03 Å². The van der Waals surface area contributed by atoms with E-state index in [4.69, 9.17) is 0 Å². The third-order valence-corrected chi connectivity index (χ3v) is 6.75. The third kappa shape index (κ3) is 4.36. The Kier molecular flexibility index (Phi) is 6.08. The van der Waals surface area contributed by atoms with E-state index in [1.807, 2.05) is 54.6 Å². The zero-order chi connectivity index (χ0) is 21.1. The average molecular weight is 424 g/mol. The number of carbonyl (C=O) groups excluding carboxylic acids is 3. The highest BCUT2D eigenvalue weighted by Gasteiger charge is 2.39. The SMILES string of the molecule is CC1CCN(C(=O)CN2C(=O)NC(CCc3ccccc3)C2=O)c2ccccc2S1. The van der Waals surface area contributed by atoms with Gasteiger partial charge in [0.2, 0.25) is 5.91 Å². The number of anilines is 1. The molecule has 0 aliphatic carbocycles. The Balaban J connectivity index is 1.43. The van der Waals surface area contributed by atoms with Gasteiger partial charge in [-0.1, -0.05) is 49.4 Å². The highest BCUT2D eigenvalue weighted by molar-refractivity contribution is 8.00. The minimum Gasteiger partial charge on any atom is -0.326 e. The van der Waals surface area contributed by atoms with E-state index in [0.717, 1.165) is 27.5 Å². The number of imide groups is 1.